The number of halogens is 1. The summed E-state index contributed by atoms with van der Waals surface area (Å²) < 4.78 is 12.4. The van der Waals surface area contributed by atoms with Crippen LogP contribution in [0, 0.1) is 6.92 Å². The molecule has 0 bridgehead atoms. The maximum atomic E-state index is 5.70. The zero-order valence-electron chi connectivity index (χ0n) is 12.5. The molecule has 0 saturated heterocycles. The number of thioether (sulfide) groups is 1. The fourth-order valence-corrected chi connectivity index (χ4v) is 2.85. The Balaban J connectivity index is 1.52. The van der Waals surface area contributed by atoms with Gasteiger partial charge in [-0.2, -0.15) is 0 Å². The van der Waals surface area contributed by atoms with E-state index in [-0.39, 0.29) is 0 Å². The smallest absolute Gasteiger partial charge is 0.276 e. The van der Waals surface area contributed by atoms with Gasteiger partial charge >= 0.3 is 0 Å². The Morgan fingerprint density at radius 3 is 2.65 bits per heavy atom. The van der Waals surface area contributed by atoms with Gasteiger partial charge in [0.2, 0.25) is 5.89 Å². The summed E-state index contributed by atoms with van der Waals surface area (Å²) in [6, 6.07) is 15.7. The molecule has 0 atom stereocenters. The first-order valence-corrected chi connectivity index (χ1v) is 8.91. The highest BCUT2D eigenvalue weighted by Crippen LogP contribution is 2.25. The van der Waals surface area contributed by atoms with Crippen molar-refractivity contribution in [2.45, 2.75) is 12.1 Å². The van der Waals surface area contributed by atoms with Crippen molar-refractivity contribution >= 4 is 27.7 Å². The molecule has 118 valence electrons. The monoisotopic (exact) mass is 390 g/mol. The topological polar surface area (TPSA) is 48.2 Å². The summed E-state index contributed by atoms with van der Waals surface area (Å²) in [6.07, 6.45) is 0. The maximum absolute atomic E-state index is 5.70. The third-order valence-corrected chi connectivity index (χ3v) is 4.48. The van der Waals surface area contributed by atoms with E-state index in [2.05, 4.69) is 26.1 Å². The molecule has 0 N–H and O–H groups in total. The molecule has 1 heterocycles. The molecule has 0 radical (unpaired) electrons. The molecule has 0 aliphatic rings. The van der Waals surface area contributed by atoms with Gasteiger partial charge in [0.25, 0.3) is 5.22 Å². The average molecular weight is 391 g/mol. The van der Waals surface area contributed by atoms with E-state index in [1.165, 1.54) is 11.8 Å². The lowest BCUT2D eigenvalue weighted by molar-refractivity contribution is 0.343. The fraction of sp³-hybridized carbons (Fsp3) is 0.176. The molecule has 0 unspecified atom stereocenters. The summed E-state index contributed by atoms with van der Waals surface area (Å²) in [4.78, 5) is 0. The van der Waals surface area contributed by atoms with Crippen molar-refractivity contribution in [3.63, 3.8) is 0 Å². The van der Waals surface area contributed by atoms with E-state index in [1.807, 2.05) is 55.5 Å². The molecular formula is C17H15BrN2O2S. The van der Waals surface area contributed by atoms with E-state index in [1.54, 1.807) is 0 Å². The van der Waals surface area contributed by atoms with Gasteiger partial charge in [0.1, 0.15) is 5.75 Å². The highest BCUT2D eigenvalue weighted by atomic mass is 79.9. The second kappa shape index (κ2) is 7.66. The van der Waals surface area contributed by atoms with Crippen molar-refractivity contribution in [2.75, 3.05) is 12.4 Å². The predicted octanol–water partition coefficient (Wildman–Crippen LogP) is 4.98. The van der Waals surface area contributed by atoms with E-state index >= 15 is 0 Å². The normalized spacial score (nSPS) is 10.7. The minimum Gasteiger partial charge on any atom is -0.493 e. The van der Waals surface area contributed by atoms with Crippen LogP contribution in [0.2, 0.25) is 0 Å². The lowest BCUT2D eigenvalue weighted by Crippen LogP contribution is -1.99. The number of hydrogen-bond donors (Lipinski definition) is 0. The van der Waals surface area contributed by atoms with Gasteiger partial charge in [-0.05, 0) is 42.8 Å². The largest absolute Gasteiger partial charge is 0.493 e. The molecule has 0 amide bonds. The number of nitrogens with zero attached hydrogens (tertiary/aromatic N) is 2. The summed E-state index contributed by atoms with van der Waals surface area (Å²) in [5, 5.41) is 8.74. The number of aryl methyl sites for hydroxylation is 1. The number of aromatic nitrogens is 2. The molecule has 6 heteroatoms. The quantitative estimate of drug-likeness (QED) is 0.438. The van der Waals surface area contributed by atoms with Gasteiger partial charge in [-0.1, -0.05) is 45.9 Å². The molecule has 0 saturated carbocycles. The van der Waals surface area contributed by atoms with Crippen LogP contribution in [0.1, 0.15) is 5.56 Å². The first-order valence-electron chi connectivity index (χ1n) is 7.13. The molecule has 0 fully saturated rings. The molecule has 2 aromatic carbocycles. The predicted molar refractivity (Wildman–Crippen MR) is 94.8 cm³/mol. The highest BCUT2D eigenvalue weighted by Gasteiger charge is 2.10. The van der Waals surface area contributed by atoms with Gasteiger partial charge in [0, 0.05) is 15.8 Å². The van der Waals surface area contributed by atoms with Crippen molar-refractivity contribution in [3.05, 3.63) is 58.6 Å². The Kier molecular flexibility index (Phi) is 5.35. The summed E-state index contributed by atoms with van der Waals surface area (Å²) in [7, 11) is 0. The molecule has 0 spiro atoms. The van der Waals surface area contributed by atoms with Crippen molar-refractivity contribution in [1.82, 2.24) is 10.2 Å². The lowest BCUT2D eigenvalue weighted by atomic mass is 10.1. The van der Waals surface area contributed by atoms with Crippen LogP contribution in [-0.4, -0.2) is 22.6 Å². The zero-order chi connectivity index (χ0) is 16.1. The van der Waals surface area contributed by atoms with E-state index < -0.39 is 0 Å². The highest BCUT2D eigenvalue weighted by molar-refractivity contribution is 9.10. The lowest BCUT2D eigenvalue weighted by Gasteiger charge is -2.04. The maximum Gasteiger partial charge on any atom is 0.276 e. The second-order valence-corrected chi connectivity index (χ2v) is 6.80. The standard InChI is InChI=1S/C17H15BrN2O2S/c1-12-4-2-3-5-15(12)16-19-20-17(22-16)23-11-10-21-14-8-6-13(18)7-9-14/h2-9H,10-11H2,1H3. The third kappa shape index (κ3) is 4.36. The van der Waals surface area contributed by atoms with Gasteiger partial charge < -0.3 is 9.15 Å². The van der Waals surface area contributed by atoms with Gasteiger partial charge in [-0.15, -0.1) is 10.2 Å². The Labute approximate surface area is 147 Å². The van der Waals surface area contributed by atoms with Crippen LogP contribution in [0.15, 0.2) is 62.6 Å². The van der Waals surface area contributed by atoms with Crippen LogP contribution < -0.4 is 4.74 Å². The Morgan fingerprint density at radius 2 is 1.87 bits per heavy atom. The van der Waals surface area contributed by atoms with Gasteiger partial charge in [0.15, 0.2) is 0 Å². The van der Waals surface area contributed by atoms with E-state index in [0.29, 0.717) is 17.7 Å². The molecule has 23 heavy (non-hydrogen) atoms. The number of rotatable bonds is 6. The van der Waals surface area contributed by atoms with Crippen LogP contribution in [0.4, 0.5) is 0 Å². The van der Waals surface area contributed by atoms with Crippen LogP contribution in [0.25, 0.3) is 11.5 Å². The molecular weight excluding hydrogens is 376 g/mol. The van der Waals surface area contributed by atoms with Crippen molar-refractivity contribution < 1.29 is 9.15 Å². The van der Waals surface area contributed by atoms with E-state index in [0.717, 1.165) is 27.1 Å². The molecule has 0 aliphatic heterocycles. The van der Waals surface area contributed by atoms with Crippen molar-refractivity contribution in [3.8, 4) is 17.2 Å². The zero-order valence-corrected chi connectivity index (χ0v) is 14.9. The third-order valence-electron chi connectivity index (χ3n) is 3.17. The van der Waals surface area contributed by atoms with E-state index in [4.69, 9.17) is 9.15 Å². The average Bonchev–Trinajstić information content (AvgIpc) is 3.02. The van der Waals surface area contributed by atoms with Crippen LogP contribution in [0.5, 0.6) is 5.75 Å². The molecule has 1 aromatic heterocycles. The van der Waals surface area contributed by atoms with Gasteiger partial charge in [0.05, 0.1) is 6.61 Å². The first kappa shape index (κ1) is 16.1. The van der Waals surface area contributed by atoms with Crippen LogP contribution in [0.3, 0.4) is 0 Å². The second-order valence-electron chi connectivity index (χ2n) is 4.84. The molecule has 4 nitrogen and oxygen atoms in total. The summed E-state index contributed by atoms with van der Waals surface area (Å²) in [5.41, 5.74) is 2.09. The van der Waals surface area contributed by atoms with Crippen molar-refractivity contribution in [2.24, 2.45) is 0 Å². The molecule has 3 aromatic rings. The van der Waals surface area contributed by atoms with E-state index in [9.17, 15) is 0 Å². The molecule has 0 aliphatic carbocycles. The van der Waals surface area contributed by atoms with Crippen LogP contribution in [-0.2, 0) is 0 Å². The Morgan fingerprint density at radius 1 is 1.09 bits per heavy atom. The van der Waals surface area contributed by atoms with Crippen LogP contribution >= 0.6 is 27.7 Å². The molecule has 3 rings (SSSR count). The minimum absolute atomic E-state index is 0.555. The summed E-state index contributed by atoms with van der Waals surface area (Å²) in [5.74, 6) is 2.14. The van der Waals surface area contributed by atoms with Gasteiger partial charge in [-0.25, -0.2) is 0 Å². The van der Waals surface area contributed by atoms with Gasteiger partial charge in [-0.3, -0.25) is 0 Å². The summed E-state index contributed by atoms with van der Waals surface area (Å²) in [6.45, 7) is 2.60. The fourth-order valence-electron chi connectivity index (χ4n) is 2.01. The first-order chi connectivity index (χ1) is 11.2. The number of benzene rings is 2. The summed E-state index contributed by atoms with van der Waals surface area (Å²) >= 11 is 4.89. The Bertz CT molecular complexity index is 774. The van der Waals surface area contributed by atoms with Crippen molar-refractivity contribution in [1.29, 1.82) is 0 Å². The minimum atomic E-state index is 0.555. The SMILES string of the molecule is Cc1ccccc1-c1nnc(SCCOc2ccc(Br)cc2)o1. The number of hydrogen-bond acceptors (Lipinski definition) is 5. The Hall–Kier alpha value is -1.79. The number of ether oxygens (including phenoxy) is 1.